The van der Waals surface area contributed by atoms with Gasteiger partial charge in [-0.25, -0.2) is 9.97 Å². The molecule has 128 valence electrons. The molecule has 0 spiro atoms. The number of hydrogen-bond acceptors (Lipinski definition) is 3. The van der Waals surface area contributed by atoms with Crippen molar-refractivity contribution in [2.45, 2.75) is 6.42 Å². The average Bonchev–Trinajstić information content (AvgIpc) is 3.07. The smallest absolute Gasteiger partial charge is 0.251 e. The number of nitrogens with zero attached hydrogens (tertiary/aromatic N) is 3. The second-order valence-corrected chi connectivity index (χ2v) is 5.92. The molecule has 5 nitrogen and oxygen atoms in total. The van der Waals surface area contributed by atoms with E-state index in [1.165, 1.54) is 0 Å². The van der Waals surface area contributed by atoms with Crippen LogP contribution in [0.2, 0.25) is 0 Å². The van der Waals surface area contributed by atoms with Crippen LogP contribution in [0.15, 0.2) is 79.0 Å². The maximum absolute atomic E-state index is 12.2. The molecule has 1 amide bonds. The van der Waals surface area contributed by atoms with Gasteiger partial charge in [0, 0.05) is 30.4 Å². The van der Waals surface area contributed by atoms with Crippen molar-refractivity contribution in [3.8, 4) is 5.69 Å². The Morgan fingerprint density at radius 3 is 2.42 bits per heavy atom. The fourth-order valence-corrected chi connectivity index (χ4v) is 2.95. The minimum Gasteiger partial charge on any atom is -0.352 e. The largest absolute Gasteiger partial charge is 0.352 e. The maximum atomic E-state index is 12.2. The van der Waals surface area contributed by atoms with Crippen molar-refractivity contribution in [2.24, 2.45) is 0 Å². The summed E-state index contributed by atoms with van der Waals surface area (Å²) in [5, 5.41) is 2.96. The molecule has 2 aromatic heterocycles. The van der Waals surface area contributed by atoms with Crippen molar-refractivity contribution < 1.29 is 4.79 Å². The summed E-state index contributed by atoms with van der Waals surface area (Å²) in [7, 11) is 0. The summed E-state index contributed by atoms with van der Waals surface area (Å²) >= 11 is 0. The van der Waals surface area contributed by atoms with E-state index in [4.69, 9.17) is 4.98 Å². The van der Waals surface area contributed by atoms with E-state index in [1.54, 1.807) is 18.3 Å². The van der Waals surface area contributed by atoms with E-state index in [1.807, 2.05) is 65.2 Å². The molecular formula is C21H18N4O. The van der Waals surface area contributed by atoms with Gasteiger partial charge in [0.2, 0.25) is 0 Å². The zero-order valence-corrected chi connectivity index (χ0v) is 14.2. The van der Waals surface area contributed by atoms with Gasteiger partial charge < -0.3 is 5.32 Å². The molecule has 0 saturated carbocycles. The summed E-state index contributed by atoms with van der Waals surface area (Å²) in [5.74, 6) is 0.796. The van der Waals surface area contributed by atoms with Crippen LogP contribution in [0, 0.1) is 0 Å². The van der Waals surface area contributed by atoms with E-state index in [0.29, 0.717) is 18.5 Å². The Labute approximate surface area is 151 Å². The molecule has 4 rings (SSSR count). The molecule has 0 atom stereocenters. The van der Waals surface area contributed by atoms with Gasteiger partial charge in [0.15, 0.2) is 5.65 Å². The van der Waals surface area contributed by atoms with Gasteiger partial charge in [-0.3, -0.25) is 9.36 Å². The summed E-state index contributed by atoms with van der Waals surface area (Å²) in [6, 6.07) is 23.1. The third-order valence-corrected chi connectivity index (χ3v) is 4.17. The summed E-state index contributed by atoms with van der Waals surface area (Å²) in [6.07, 6.45) is 2.38. The molecule has 1 N–H and O–H groups in total. The number of benzene rings is 2. The van der Waals surface area contributed by atoms with Crippen molar-refractivity contribution in [3.63, 3.8) is 0 Å². The second-order valence-electron chi connectivity index (χ2n) is 5.92. The van der Waals surface area contributed by atoms with Crippen LogP contribution in [-0.4, -0.2) is 27.0 Å². The predicted molar refractivity (Wildman–Crippen MR) is 101 cm³/mol. The van der Waals surface area contributed by atoms with E-state index in [-0.39, 0.29) is 5.91 Å². The standard InChI is InChI=1S/C21H18N4O/c26-21(16-8-3-1-4-9-16)23-15-13-19-24-18-12-7-14-22-20(18)25(19)17-10-5-2-6-11-17/h1-12,14H,13,15H2,(H,23,26). The Morgan fingerprint density at radius 2 is 1.65 bits per heavy atom. The summed E-state index contributed by atoms with van der Waals surface area (Å²) in [4.78, 5) is 21.4. The normalized spacial score (nSPS) is 10.8. The molecule has 0 aliphatic rings. The Bertz CT molecular complexity index is 1030. The zero-order valence-electron chi connectivity index (χ0n) is 14.2. The third kappa shape index (κ3) is 3.19. The van der Waals surface area contributed by atoms with Crippen LogP contribution in [0.5, 0.6) is 0 Å². The molecule has 5 heteroatoms. The number of nitrogens with one attached hydrogen (secondary N) is 1. The molecule has 0 saturated heterocycles. The van der Waals surface area contributed by atoms with Crippen LogP contribution in [-0.2, 0) is 6.42 Å². The number of pyridine rings is 1. The molecule has 0 aliphatic heterocycles. The number of imidazole rings is 1. The van der Waals surface area contributed by atoms with Gasteiger partial charge in [-0.05, 0) is 36.4 Å². The van der Waals surface area contributed by atoms with E-state index < -0.39 is 0 Å². The lowest BCUT2D eigenvalue weighted by molar-refractivity contribution is 0.0954. The lowest BCUT2D eigenvalue weighted by Gasteiger charge is -2.09. The van der Waals surface area contributed by atoms with Crippen LogP contribution in [0.3, 0.4) is 0 Å². The van der Waals surface area contributed by atoms with E-state index in [9.17, 15) is 4.79 Å². The predicted octanol–water partition coefficient (Wildman–Crippen LogP) is 3.39. The van der Waals surface area contributed by atoms with Crippen molar-refractivity contribution >= 4 is 17.1 Å². The lowest BCUT2D eigenvalue weighted by Crippen LogP contribution is -2.26. The first-order chi connectivity index (χ1) is 12.8. The fraction of sp³-hybridized carbons (Fsp3) is 0.0952. The van der Waals surface area contributed by atoms with E-state index >= 15 is 0 Å². The van der Waals surface area contributed by atoms with E-state index in [0.717, 1.165) is 22.7 Å². The number of rotatable bonds is 5. The average molecular weight is 342 g/mol. The lowest BCUT2D eigenvalue weighted by atomic mass is 10.2. The monoisotopic (exact) mass is 342 g/mol. The summed E-state index contributed by atoms with van der Waals surface area (Å²) in [6.45, 7) is 0.504. The molecule has 0 fully saturated rings. The molecule has 0 aliphatic carbocycles. The van der Waals surface area contributed by atoms with Crippen LogP contribution >= 0.6 is 0 Å². The number of amides is 1. The quantitative estimate of drug-likeness (QED) is 0.605. The van der Waals surface area contributed by atoms with Gasteiger partial charge in [0.1, 0.15) is 11.3 Å². The molecule has 4 aromatic rings. The zero-order chi connectivity index (χ0) is 17.8. The number of fused-ring (bicyclic) bond motifs is 1. The fourth-order valence-electron chi connectivity index (χ4n) is 2.95. The number of carbonyl (C=O) groups excluding carboxylic acids is 1. The number of aromatic nitrogens is 3. The minimum absolute atomic E-state index is 0.0777. The highest BCUT2D eigenvalue weighted by atomic mass is 16.1. The van der Waals surface area contributed by atoms with Crippen LogP contribution < -0.4 is 5.32 Å². The SMILES string of the molecule is O=C(NCCc1nc2cccnc2n1-c1ccccc1)c1ccccc1. The van der Waals surface area contributed by atoms with Gasteiger partial charge in [0.05, 0.1) is 0 Å². The van der Waals surface area contributed by atoms with Crippen molar-refractivity contribution in [3.05, 3.63) is 90.4 Å². The number of hydrogen-bond donors (Lipinski definition) is 1. The van der Waals surface area contributed by atoms with Gasteiger partial charge in [0.25, 0.3) is 5.91 Å². The van der Waals surface area contributed by atoms with Crippen LogP contribution in [0.25, 0.3) is 16.9 Å². The molecule has 2 aromatic carbocycles. The molecule has 0 unspecified atom stereocenters. The maximum Gasteiger partial charge on any atom is 0.251 e. The number of carbonyl (C=O) groups is 1. The van der Waals surface area contributed by atoms with Crippen molar-refractivity contribution in [2.75, 3.05) is 6.54 Å². The van der Waals surface area contributed by atoms with Gasteiger partial charge in [-0.15, -0.1) is 0 Å². The van der Waals surface area contributed by atoms with Crippen molar-refractivity contribution in [1.82, 2.24) is 19.9 Å². The highest BCUT2D eigenvalue weighted by Gasteiger charge is 2.13. The third-order valence-electron chi connectivity index (χ3n) is 4.17. The Morgan fingerprint density at radius 1 is 0.923 bits per heavy atom. The highest BCUT2D eigenvalue weighted by Crippen LogP contribution is 2.19. The topological polar surface area (TPSA) is 59.8 Å². The van der Waals surface area contributed by atoms with Crippen molar-refractivity contribution in [1.29, 1.82) is 0 Å². The second kappa shape index (κ2) is 7.19. The summed E-state index contributed by atoms with van der Waals surface area (Å²) < 4.78 is 2.05. The van der Waals surface area contributed by atoms with Gasteiger partial charge >= 0.3 is 0 Å². The summed E-state index contributed by atoms with van der Waals surface area (Å²) in [5.41, 5.74) is 3.34. The molecule has 26 heavy (non-hydrogen) atoms. The molecule has 0 radical (unpaired) electrons. The minimum atomic E-state index is -0.0777. The first kappa shape index (κ1) is 16.0. The molecule has 0 bridgehead atoms. The molecular weight excluding hydrogens is 324 g/mol. The van der Waals surface area contributed by atoms with Gasteiger partial charge in [-0.2, -0.15) is 0 Å². The first-order valence-corrected chi connectivity index (χ1v) is 8.54. The number of para-hydroxylation sites is 1. The molecule has 2 heterocycles. The Hall–Kier alpha value is -3.47. The Kier molecular flexibility index (Phi) is 4.43. The van der Waals surface area contributed by atoms with E-state index in [2.05, 4.69) is 10.3 Å². The van der Waals surface area contributed by atoms with Crippen LogP contribution in [0.4, 0.5) is 0 Å². The van der Waals surface area contributed by atoms with Gasteiger partial charge in [-0.1, -0.05) is 36.4 Å². The van der Waals surface area contributed by atoms with Crippen LogP contribution in [0.1, 0.15) is 16.2 Å². The Balaban J connectivity index is 1.58. The first-order valence-electron chi connectivity index (χ1n) is 8.54. The highest BCUT2D eigenvalue weighted by molar-refractivity contribution is 5.94.